The van der Waals surface area contributed by atoms with E-state index in [-0.39, 0.29) is 30.7 Å². The topological polar surface area (TPSA) is 181 Å². The van der Waals surface area contributed by atoms with Crippen molar-refractivity contribution in [3.63, 3.8) is 0 Å². The van der Waals surface area contributed by atoms with Gasteiger partial charge >= 0.3 is 183 Å². The number of amides is 1. The Kier molecular flexibility index (Phi) is 9.20. The summed E-state index contributed by atoms with van der Waals surface area (Å²) in [6, 6.07) is 0.336. The Morgan fingerprint density at radius 2 is 1.97 bits per heavy atom. The summed E-state index contributed by atoms with van der Waals surface area (Å²) < 4.78 is 18.0. The molecule has 0 saturated carbocycles. The van der Waals surface area contributed by atoms with Gasteiger partial charge in [-0.2, -0.15) is 0 Å². The van der Waals surface area contributed by atoms with Crippen LogP contribution in [0.15, 0.2) is 17.1 Å². The molecule has 14 heteroatoms. The number of anilines is 1. The first-order chi connectivity index (χ1) is 17.0. The molecule has 13 nitrogen and oxygen atoms in total. The third-order valence-electron chi connectivity index (χ3n) is 6.49. The second kappa shape index (κ2) is 11.6. The van der Waals surface area contributed by atoms with Crippen LogP contribution in [-0.2, 0) is 23.4 Å². The van der Waals surface area contributed by atoms with Crippen LogP contribution in [0.3, 0.4) is 0 Å². The van der Waals surface area contributed by atoms with E-state index in [2.05, 4.69) is 15.4 Å². The summed E-state index contributed by atoms with van der Waals surface area (Å²) in [6.45, 7) is 6.83. The van der Waals surface area contributed by atoms with Crippen molar-refractivity contribution in [2.45, 2.75) is 89.9 Å². The molecule has 5 N–H and O–H groups in total. The summed E-state index contributed by atoms with van der Waals surface area (Å²) in [7, 11) is -4.18. The van der Waals surface area contributed by atoms with Crippen LogP contribution in [0.2, 0.25) is 0 Å². The number of ether oxygens (including phenoxy) is 1. The van der Waals surface area contributed by atoms with Crippen molar-refractivity contribution in [2.75, 3.05) is 11.9 Å². The van der Waals surface area contributed by atoms with Crippen molar-refractivity contribution in [1.29, 1.82) is 0 Å². The van der Waals surface area contributed by atoms with E-state index in [9.17, 15) is 29.5 Å². The minimum atomic E-state index is -4.18. The number of hydrogen-bond acceptors (Lipinski definition) is 10. The summed E-state index contributed by atoms with van der Waals surface area (Å²) in [4.78, 5) is 51.5. The van der Waals surface area contributed by atoms with Crippen molar-refractivity contribution in [1.82, 2.24) is 14.6 Å². The van der Waals surface area contributed by atoms with Gasteiger partial charge in [0.05, 0.1) is 0 Å². The van der Waals surface area contributed by atoms with Crippen LogP contribution in [0.25, 0.3) is 0 Å². The van der Waals surface area contributed by atoms with Gasteiger partial charge < -0.3 is 0 Å². The molecular weight excluding hydrogens is 495 g/mol. The van der Waals surface area contributed by atoms with E-state index in [1.165, 1.54) is 19.2 Å². The van der Waals surface area contributed by atoms with E-state index in [1.807, 2.05) is 13.8 Å². The van der Waals surface area contributed by atoms with Crippen molar-refractivity contribution >= 4 is 25.8 Å². The first kappa shape index (κ1) is 28.6. The van der Waals surface area contributed by atoms with E-state index in [1.54, 1.807) is 6.92 Å². The van der Waals surface area contributed by atoms with Crippen molar-refractivity contribution in [2.24, 2.45) is 5.92 Å². The van der Waals surface area contributed by atoms with Gasteiger partial charge in [0.1, 0.15) is 0 Å². The Labute approximate surface area is 209 Å². The number of fused-ring (bicyclic) bond motifs is 1. The van der Waals surface area contributed by atoms with Gasteiger partial charge in [-0.05, 0) is 0 Å². The van der Waals surface area contributed by atoms with Crippen LogP contribution in [0.1, 0.15) is 66.0 Å². The number of nitrogens with zero attached hydrogens (tertiary/aromatic N) is 2. The molecule has 0 radical (unpaired) electrons. The van der Waals surface area contributed by atoms with Gasteiger partial charge in [0.15, 0.2) is 0 Å². The SMILES string of the molecule is CCCC(CCC)C(=O)Nc1ccn([C@@H]2O[C@@H]3CO[PH](O)(N[C@@H](CC)C(=O)O)O[C@H]3[C@@]2(C)O)c(=O)n1. The molecule has 5 atom stereocenters. The number of hydrogen-bond donors (Lipinski definition) is 5. The fourth-order valence-electron chi connectivity index (χ4n) is 4.59. The van der Waals surface area contributed by atoms with Crippen LogP contribution in [0.4, 0.5) is 5.82 Å². The molecule has 0 bridgehead atoms. The summed E-state index contributed by atoms with van der Waals surface area (Å²) in [5.74, 6) is -1.46. The molecule has 0 aromatic carbocycles. The number of aromatic nitrogens is 2. The monoisotopic (exact) mass is 532 g/mol. The molecule has 0 unspecified atom stereocenters. The van der Waals surface area contributed by atoms with Gasteiger partial charge in [0.25, 0.3) is 0 Å². The normalized spacial score (nSPS) is 28.9. The van der Waals surface area contributed by atoms with E-state index in [0.717, 1.165) is 30.3 Å². The van der Waals surface area contributed by atoms with E-state index < -0.39 is 49.8 Å². The fraction of sp³-hybridized carbons (Fsp3) is 0.727. The first-order valence-corrected chi connectivity index (χ1v) is 14.0. The third kappa shape index (κ3) is 6.10. The Hall–Kier alpha value is -1.99. The van der Waals surface area contributed by atoms with Crippen LogP contribution < -0.4 is 16.1 Å². The molecule has 0 aliphatic carbocycles. The minimum absolute atomic E-state index is 0.0957. The molecule has 1 aromatic rings. The molecular formula is C22H37N4O9P. The summed E-state index contributed by atoms with van der Waals surface area (Å²) in [6.07, 6.45) is 1.54. The Morgan fingerprint density at radius 3 is 2.53 bits per heavy atom. The van der Waals surface area contributed by atoms with E-state index in [4.69, 9.17) is 13.8 Å². The molecule has 1 amide bonds. The van der Waals surface area contributed by atoms with Crippen molar-refractivity contribution in [3.05, 3.63) is 22.7 Å². The van der Waals surface area contributed by atoms with Gasteiger partial charge in [0.2, 0.25) is 0 Å². The molecule has 0 spiro atoms. The van der Waals surface area contributed by atoms with E-state index >= 15 is 0 Å². The zero-order chi connectivity index (χ0) is 26.7. The molecule has 2 aliphatic heterocycles. The molecule has 2 saturated heterocycles. The van der Waals surface area contributed by atoms with Crippen LogP contribution in [-0.4, -0.2) is 67.0 Å². The number of nitrogens with one attached hydrogen (secondary N) is 2. The van der Waals surface area contributed by atoms with Gasteiger partial charge in [-0.3, -0.25) is 0 Å². The zero-order valence-corrected chi connectivity index (χ0v) is 22.0. The van der Waals surface area contributed by atoms with Gasteiger partial charge in [-0.15, -0.1) is 0 Å². The summed E-state index contributed by atoms with van der Waals surface area (Å²) in [5.41, 5.74) is -2.56. The first-order valence-electron chi connectivity index (χ1n) is 12.3. The number of aliphatic hydroxyl groups is 1. The molecule has 36 heavy (non-hydrogen) atoms. The molecule has 3 heterocycles. The maximum absolute atomic E-state index is 12.8. The van der Waals surface area contributed by atoms with E-state index in [0.29, 0.717) is 0 Å². The Balaban J connectivity index is 1.76. The number of carbonyl (C=O) groups is 2. The van der Waals surface area contributed by atoms with Crippen molar-refractivity contribution in [3.8, 4) is 0 Å². The standard InChI is InChI=1S/C22H37N4O9P/c1-5-8-13(9-6-2)18(27)23-16-10-11-26(21(30)24-16)20-22(4,31)17-15(34-20)12-33-36(32,35-17)25-14(7-3)19(28)29/h10-11,13-15,17,20,25,31-32,36H,5-9,12H2,1-4H3,(H,28,29)(H,23,24,27,30)/t14-,15+,17+,20+,22+/m0/s1. The number of carboxylic acid groups (broad SMARTS) is 1. The van der Waals surface area contributed by atoms with Crippen LogP contribution in [0, 0.1) is 5.92 Å². The number of aliphatic carboxylic acids is 1. The van der Waals surface area contributed by atoms with Crippen molar-refractivity contribution < 1.29 is 38.5 Å². The molecule has 3 rings (SSSR count). The predicted octanol–water partition coefficient (Wildman–Crippen LogP) is 1.32. The van der Waals surface area contributed by atoms with Gasteiger partial charge in [-0.25, -0.2) is 0 Å². The molecule has 2 fully saturated rings. The number of rotatable bonds is 11. The van der Waals surface area contributed by atoms with Crippen LogP contribution >= 0.6 is 8.09 Å². The zero-order valence-electron chi connectivity index (χ0n) is 21.0. The summed E-state index contributed by atoms with van der Waals surface area (Å²) in [5, 5.41) is 25.8. The second-order valence-corrected chi connectivity index (χ2v) is 11.4. The molecule has 204 valence electrons. The fourth-order valence-corrected chi connectivity index (χ4v) is 6.70. The quantitative estimate of drug-likeness (QED) is 0.259. The second-order valence-electron chi connectivity index (χ2n) is 9.39. The Morgan fingerprint density at radius 1 is 1.31 bits per heavy atom. The number of carboxylic acids is 1. The molecule has 2 aliphatic rings. The predicted molar refractivity (Wildman–Crippen MR) is 131 cm³/mol. The van der Waals surface area contributed by atoms with Gasteiger partial charge in [0, 0.05) is 0 Å². The Bertz CT molecular complexity index is 1000. The van der Waals surface area contributed by atoms with Gasteiger partial charge in [-0.1, -0.05) is 26.7 Å². The third-order valence-corrected chi connectivity index (χ3v) is 8.33. The summed E-state index contributed by atoms with van der Waals surface area (Å²) >= 11 is 0. The number of carbonyl (C=O) groups excluding carboxylic acids is 1. The van der Waals surface area contributed by atoms with Crippen LogP contribution in [0.5, 0.6) is 0 Å². The maximum atomic E-state index is 12.8. The average molecular weight is 533 g/mol. The average Bonchev–Trinajstić information content (AvgIpc) is 3.07. The molecule has 1 aromatic heterocycles.